The van der Waals surface area contributed by atoms with Crippen molar-refractivity contribution in [1.82, 2.24) is 10.2 Å². The van der Waals surface area contributed by atoms with E-state index in [1.165, 1.54) is 22.4 Å². The summed E-state index contributed by atoms with van der Waals surface area (Å²) in [7, 11) is 1.70. The summed E-state index contributed by atoms with van der Waals surface area (Å²) in [5, 5.41) is 2.82. The topological polar surface area (TPSA) is 78.5 Å². The fraction of sp³-hybridized carbons (Fsp3) is 0.516. The van der Waals surface area contributed by atoms with Crippen LogP contribution in [0.25, 0.3) is 11.8 Å². The van der Waals surface area contributed by atoms with E-state index < -0.39 is 5.60 Å². The van der Waals surface area contributed by atoms with E-state index in [2.05, 4.69) is 41.4 Å². The first kappa shape index (κ1) is 27.0. The number of fused-ring (bicyclic) bond motifs is 5. The fourth-order valence-corrected chi connectivity index (χ4v) is 5.53. The Kier molecular flexibility index (Phi) is 7.82. The molecule has 1 N–H and O–H groups in total. The second-order valence-corrected chi connectivity index (χ2v) is 11.3. The normalized spacial score (nSPS) is 17.0. The minimum atomic E-state index is -0.475. The van der Waals surface area contributed by atoms with Gasteiger partial charge in [0.1, 0.15) is 5.60 Å². The third-order valence-corrected chi connectivity index (χ3v) is 7.38. The number of alkyl carbamates (subject to hydrolysis) is 1. The van der Waals surface area contributed by atoms with Crippen molar-refractivity contribution in [3.8, 4) is 23.0 Å². The highest BCUT2D eigenvalue weighted by molar-refractivity contribution is 5.88. The number of hydrogen-bond donors (Lipinski definition) is 1. The van der Waals surface area contributed by atoms with Crippen LogP contribution in [-0.4, -0.2) is 50.2 Å². The Morgan fingerprint density at radius 3 is 2.64 bits per heavy atom. The quantitative estimate of drug-likeness (QED) is 0.376. The van der Waals surface area contributed by atoms with Crippen LogP contribution >= 0.6 is 0 Å². The number of rotatable bonds is 9. The van der Waals surface area contributed by atoms with Gasteiger partial charge in [-0.3, -0.25) is 0 Å². The molecule has 3 aliphatic rings. The monoisotopic (exact) mass is 536 g/mol. The minimum absolute atomic E-state index is 0.141. The predicted octanol–water partition coefficient (Wildman–Crippen LogP) is 6.32. The SMILES string of the molecule is COc1ccc2c(c1OCCCCCCNC(=O)OC(C)(C)C)[C@H](C)N1CCc3cc4c(cc3C1=C2)OCO4. The van der Waals surface area contributed by atoms with Gasteiger partial charge >= 0.3 is 6.09 Å². The molecule has 5 rings (SSSR count). The smallest absolute Gasteiger partial charge is 0.407 e. The maximum Gasteiger partial charge on any atom is 0.407 e. The zero-order chi connectivity index (χ0) is 27.6. The molecule has 0 radical (unpaired) electrons. The number of unbranched alkanes of at least 4 members (excludes halogenated alkanes) is 3. The molecular weight excluding hydrogens is 496 g/mol. The first-order chi connectivity index (χ1) is 18.7. The summed E-state index contributed by atoms with van der Waals surface area (Å²) in [6.45, 7) is 10.3. The van der Waals surface area contributed by atoms with Gasteiger partial charge in [0.15, 0.2) is 23.0 Å². The van der Waals surface area contributed by atoms with Crippen LogP contribution in [0.4, 0.5) is 4.79 Å². The van der Waals surface area contributed by atoms with Crippen LogP contribution in [0.5, 0.6) is 23.0 Å². The van der Waals surface area contributed by atoms with Gasteiger partial charge in [-0.05, 0) is 82.4 Å². The lowest BCUT2D eigenvalue weighted by Gasteiger charge is -2.42. The Hall–Kier alpha value is -3.55. The van der Waals surface area contributed by atoms with Gasteiger partial charge < -0.3 is 33.9 Å². The molecule has 2 aromatic carbocycles. The van der Waals surface area contributed by atoms with Crippen LogP contribution in [-0.2, 0) is 11.2 Å². The number of nitrogens with zero attached hydrogens (tertiary/aromatic N) is 1. The van der Waals surface area contributed by atoms with E-state index >= 15 is 0 Å². The predicted molar refractivity (Wildman–Crippen MR) is 150 cm³/mol. The average Bonchev–Trinajstić information content (AvgIpc) is 3.35. The highest BCUT2D eigenvalue weighted by atomic mass is 16.7. The summed E-state index contributed by atoms with van der Waals surface area (Å²) < 4.78 is 28.7. The lowest BCUT2D eigenvalue weighted by molar-refractivity contribution is 0.0527. The Morgan fingerprint density at radius 2 is 1.87 bits per heavy atom. The van der Waals surface area contributed by atoms with Crippen molar-refractivity contribution in [2.75, 3.05) is 33.6 Å². The van der Waals surface area contributed by atoms with Gasteiger partial charge in [0.2, 0.25) is 6.79 Å². The summed E-state index contributed by atoms with van der Waals surface area (Å²) in [6.07, 6.45) is 6.72. The van der Waals surface area contributed by atoms with Crippen LogP contribution in [0.15, 0.2) is 24.3 Å². The van der Waals surface area contributed by atoms with Crippen molar-refractivity contribution in [2.24, 2.45) is 0 Å². The zero-order valence-corrected chi connectivity index (χ0v) is 23.7. The summed E-state index contributed by atoms with van der Waals surface area (Å²) in [6, 6.07) is 8.52. The number of benzene rings is 2. The van der Waals surface area contributed by atoms with Gasteiger partial charge in [0.25, 0.3) is 0 Å². The zero-order valence-electron chi connectivity index (χ0n) is 23.7. The van der Waals surface area contributed by atoms with Crippen molar-refractivity contribution < 1.29 is 28.5 Å². The number of methoxy groups -OCH3 is 1. The Labute approximate surface area is 231 Å². The van der Waals surface area contributed by atoms with Crippen molar-refractivity contribution in [3.63, 3.8) is 0 Å². The molecule has 0 unspecified atom stereocenters. The van der Waals surface area contributed by atoms with Crippen LogP contribution in [0.3, 0.4) is 0 Å². The van der Waals surface area contributed by atoms with Crippen molar-refractivity contribution in [1.29, 1.82) is 0 Å². The Bertz CT molecular complexity index is 1250. The first-order valence-electron chi connectivity index (χ1n) is 14.0. The highest BCUT2D eigenvalue weighted by Crippen LogP contribution is 2.49. The highest BCUT2D eigenvalue weighted by Gasteiger charge is 2.34. The maximum absolute atomic E-state index is 11.8. The van der Waals surface area contributed by atoms with E-state index in [-0.39, 0.29) is 18.9 Å². The molecule has 1 atom stereocenters. The van der Waals surface area contributed by atoms with E-state index in [0.29, 0.717) is 13.2 Å². The number of hydrogen-bond acceptors (Lipinski definition) is 7. The van der Waals surface area contributed by atoms with Gasteiger partial charge in [-0.1, -0.05) is 18.9 Å². The Morgan fingerprint density at radius 1 is 1.10 bits per heavy atom. The van der Waals surface area contributed by atoms with Gasteiger partial charge in [-0.15, -0.1) is 0 Å². The lowest BCUT2D eigenvalue weighted by atomic mass is 9.86. The molecular formula is C31H40N2O6. The van der Waals surface area contributed by atoms with Crippen molar-refractivity contribution >= 4 is 17.9 Å². The number of ether oxygens (including phenoxy) is 5. The second kappa shape index (κ2) is 11.3. The summed E-state index contributed by atoms with van der Waals surface area (Å²) in [4.78, 5) is 14.2. The molecule has 0 saturated heterocycles. The molecule has 0 spiro atoms. The van der Waals surface area contributed by atoms with E-state index in [0.717, 1.165) is 67.2 Å². The third-order valence-electron chi connectivity index (χ3n) is 7.38. The number of nitrogens with one attached hydrogen (secondary N) is 1. The third kappa shape index (κ3) is 5.89. The Balaban J connectivity index is 1.22. The molecule has 8 heteroatoms. The van der Waals surface area contributed by atoms with Crippen LogP contribution in [0.1, 0.15) is 81.7 Å². The summed E-state index contributed by atoms with van der Waals surface area (Å²) >= 11 is 0. The largest absolute Gasteiger partial charge is 0.493 e. The summed E-state index contributed by atoms with van der Waals surface area (Å²) in [5.41, 5.74) is 5.57. The fourth-order valence-electron chi connectivity index (χ4n) is 5.53. The standard InChI is InChI=1S/C31H40N2O6/c1-20-28-22(16-24-23-18-27-26(37-19-38-27)17-21(23)12-14-33(20)24)10-11-25(35-5)29(28)36-15-9-7-6-8-13-32-30(34)39-31(2,3)4/h10-11,16-18,20H,6-9,12-15,19H2,1-5H3,(H,32,34)/t20-/m0/s1. The van der Waals surface area contributed by atoms with Gasteiger partial charge in [-0.25, -0.2) is 4.79 Å². The number of amides is 1. The maximum atomic E-state index is 11.8. The van der Waals surface area contributed by atoms with Gasteiger partial charge in [0, 0.05) is 29.9 Å². The van der Waals surface area contributed by atoms with E-state index in [4.69, 9.17) is 23.7 Å². The molecule has 39 heavy (non-hydrogen) atoms. The van der Waals surface area contributed by atoms with Crippen LogP contribution in [0, 0.1) is 0 Å². The molecule has 8 nitrogen and oxygen atoms in total. The van der Waals surface area contributed by atoms with Crippen LogP contribution in [0.2, 0.25) is 0 Å². The number of carbonyl (C=O) groups excluding carboxylic acids is 1. The summed E-state index contributed by atoms with van der Waals surface area (Å²) in [5.74, 6) is 3.25. The van der Waals surface area contributed by atoms with Gasteiger partial charge in [0.05, 0.1) is 19.8 Å². The van der Waals surface area contributed by atoms with E-state index in [1.54, 1.807) is 7.11 Å². The lowest BCUT2D eigenvalue weighted by Crippen LogP contribution is -2.34. The molecule has 2 aromatic rings. The van der Waals surface area contributed by atoms with Crippen molar-refractivity contribution in [2.45, 2.75) is 71.4 Å². The molecule has 0 aliphatic carbocycles. The minimum Gasteiger partial charge on any atom is -0.493 e. The molecule has 0 fully saturated rings. The first-order valence-corrected chi connectivity index (χ1v) is 14.0. The second-order valence-electron chi connectivity index (χ2n) is 11.3. The molecule has 3 aliphatic heterocycles. The van der Waals surface area contributed by atoms with E-state index in [9.17, 15) is 4.79 Å². The average molecular weight is 537 g/mol. The molecule has 0 saturated carbocycles. The molecule has 3 heterocycles. The molecule has 210 valence electrons. The molecule has 0 aromatic heterocycles. The van der Waals surface area contributed by atoms with Gasteiger partial charge in [-0.2, -0.15) is 0 Å². The van der Waals surface area contributed by atoms with Crippen LogP contribution < -0.4 is 24.3 Å². The number of carbonyl (C=O) groups is 1. The molecule has 0 bridgehead atoms. The van der Waals surface area contributed by atoms with E-state index in [1.807, 2.05) is 26.8 Å². The van der Waals surface area contributed by atoms with Crippen molar-refractivity contribution in [3.05, 3.63) is 46.5 Å². The molecule has 1 amide bonds.